The van der Waals surface area contributed by atoms with Gasteiger partial charge in [0.05, 0.1) is 21.3 Å². The van der Waals surface area contributed by atoms with Gasteiger partial charge in [-0.25, -0.2) is 0 Å². The zero-order valence-electron chi connectivity index (χ0n) is 9.23. The Bertz CT molecular complexity index is 369. The van der Waals surface area contributed by atoms with Crippen molar-refractivity contribution in [3.63, 3.8) is 0 Å². The summed E-state index contributed by atoms with van der Waals surface area (Å²) in [5.74, 6) is 0.950. The van der Waals surface area contributed by atoms with Crippen molar-refractivity contribution in [1.29, 1.82) is 0 Å². The summed E-state index contributed by atoms with van der Waals surface area (Å²) in [6.07, 6.45) is 0. The average Bonchev–Trinajstić information content (AvgIpc) is 2.35. The Morgan fingerprint density at radius 2 is 1.62 bits per heavy atom. The molecule has 6 heteroatoms. The van der Waals surface area contributed by atoms with E-state index in [1.54, 1.807) is 12.1 Å². The van der Waals surface area contributed by atoms with Crippen LogP contribution in [0.25, 0.3) is 0 Å². The number of ether oxygens (including phenoxy) is 3. The van der Waals surface area contributed by atoms with E-state index in [2.05, 4.69) is 17.5 Å². The first-order valence-electron chi connectivity index (χ1n) is 4.42. The van der Waals surface area contributed by atoms with Crippen LogP contribution in [0.15, 0.2) is 12.1 Å². The molecule has 0 aromatic heterocycles. The van der Waals surface area contributed by atoms with Crippen molar-refractivity contribution in [2.45, 2.75) is 0 Å². The molecule has 0 spiro atoms. The maximum absolute atomic E-state index is 11.4. The molecule has 1 N–H and O–H groups in total. The van der Waals surface area contributed by atoms with Crippen LogP contribution in [0.4, 0.5) is 0 Å². The number of carbonyl (C=O) groups is 1. The molecule has 16 heavy (non-hydrogen) atoms. The van der Waals surface area contributed by atoms with Crippen LogP contribution in [0.2, 0.25) is 0 Å². The van der Waals surface area contributed by atoms with Gasteiger partial charge in [0.2, 0.25) is 5.75 Å². The molecule has 1 rings (SSSR count). The molecule has 0 aliphatic carbocycles. The van der Waals surface area contributed by atoms with Crippen LogP contribution in [0.3, 0.4) is 0 Å². The number of thiol groups is 1. The molecule has 0 bridgehead atoms. The van der Waals surface area contributed by atoms with Crippen molar-refractivity contribution in [3.05, 3.63) is 17.7 Å². The smallest absolute Gasteiger partial charge is 0.261 e. The third-order valence-electron chi connectivity index (χ3n) is 2.03. The van der Waals surface area contributed by atoms with E-state index in [-0.39, 0.29) is 5.91 Å². The van der Waals surface area contributed by atoms with Crippen LogP contribution in [0.1, 0.15) is 10.4 Å². The number of benzene rings is 1. The minimum Gasteiger partial charge on any atom is -0.493 e. The summed E-state index contributed by atoms with van der Waals surface area (Å²) in [4.78, 5) is 11.4. The first-order chi connectivity index (χ1) is 7.67. The predicted molar refractivity (Wildman–Crippen MR) is 62.6 cm³/mol. The van der Waals surface area contributed by atoms with E-state index in [4.69, 9.17) is 14.2 Å². The zero-order valence-corrected chi connectivity index (χ0v) is 10.1. The second-order valence-electron chi connectivity index (χ2n) is 2.85. The highest BCUT2D eigenvalue weighted by Gasteiger charge is 2.16. The van der Waals surface area contributed by atoms with E-state index in [1.165, 1.54) is 21.3 Å². The largest absolute Gasteiger partial charge is 0.493 e. The molecule has 0 aliphatic heterocycles. The summed E-state index contributed by atoms with van der Waals surface area (Å²) in [5, 5.41) is 0. The molecular weight excluding hydrogens is 230 g/mol. The number of hydrogen-bond acceptors (Lipinski definition) is 5. The molecule has 1 amide bonds. The standard InChI is InChI=1S/C10H13NO4S/c1-13-7-4-6(10(12)11-16)5-8(14-2)9(7)15-3/h4-5,16H,1-3H3,(H,11,12). The van der Waals surface area contributed by atoms with E-state index in [0.717, 1.165) is 0 Å². The lowest BCUT2D eigenvalue weighted by Crippen LogP contribution is -2.13. The Hall–Kier alpha value is -1.56. The van der Waals surface area contributed by atoms with Gasteiger partial charge in [-0.3, -0.25) is 9.52 Å². The highest BCUT2D eigenvalue weighted by Crippen LogP contribution is 2.38. The van der Waals surface area contributed by atoms with Crippen LogP contribution in [-0.2, 0) is 0 Å². The number of nitrogens with one attached hydrogen (secondary N) is 1. The number of amides is 1. The van der Waals surface area contributed by atoms with Crippen molar-refractivity contribution in [3.8, 4) is 17.2 Å². The van der Waals surface area contributed by atoms with Crippen LogP contribution >= 0.6 is 12.8 Å². The van der Waals surface area contributed by atoms with Crippen LogP contribution in [-0.4, -0.2) is 27.2 Å². The summed E-state index contributed by atoms with van der Waals surface area (Å²) < 4.78 is 17.6. The van der Waals surface area contributed by atoms with Crippen molar-refractivity contribution in [2.75, 3.05) is 21.3 Å². The number of hydrogen-bond donors (Lipinski definition) is 2. The highest BCUT2D eigenvalue weighted by molar-refractivity contribution is 7.78. The van der Waals surface area contributed by atoms with Gasteiger partial charge in [-0.05, 0) is 12.1 Å². The minimum atomic E-state index is -0.345. The molecule has 0 saturated heterocycles. The van der Waals surface area contributed by atoms with E-state index >= 15 is 0 Å². The van der Waals surface area contributed by atoms with E-state index in [1.807, 2.05) is 0 Å². The quantitative estimate of drug-likeness (QED) is 0.782. The van der Waals surface area contributed by atoms with Gasteiger partial charge in [-0.1, -0.05) is 12.8 Å². The molecule has 0 aliphatic rings. The molecule has 1 aromatic rings. The van der Waals surface area contributed by atoms with Gasteiger partial charge in [0.1, 0.15) is 0 Å². The van der Waals surface area contributed by atoms with Gasteiger partial charge >= 0.3 is 0 Å². The Labute approximate surface area is 99.2 Å². The summed E-state index contributed by atoms with van der Waals surface area (Å²) in [6, 6.07) is 3.10. The zero-order chi connectivity index (χ0) is 12.1. The predicted octanol–water partition coefficient (Wildman–Crippen LogP) is 1.29. The lowest BCUT2D eigenvalue weighted by atomic mass is 10.1. The van der Waals surface area contributed by atoms with Crippen molar-refractivity contribution in [2.24, 2.45) is 0 Å². The summed E-state index contributed by atoms with van der Waals surface area (Å²) in [7, 11) is 4.47. The number of rotatable bonds is 4. The monoisotopic (exact) mass is 243 g/mol. The third-order valence-corrected chi connectivity index (χ3v) is 2.23. The summed E-state index contributed by atoms with van der Waals surface area (Å²) in [6.45, 7) is 0. The van der Waals surface area contributed by atoms with Gasteiger partial charge in [-0.2, -0.15) is 0 Å². The van der Waals surface area contributed by atoms with Crippen molar-refractivity contribution in [1.82, 2.24) is 4.72 Å². The first-order valence-corrected chi connectivity index (χ1v) is 4.87. The van der Waals surface area contributed by atoms with Gasteiger partial charge in [0.15, 0.2) is 11.5 Å². The first kappa shape index (κ1) is 12.5. The molecule has 0 fully saturated rings. The average molecular weight is 243 g/mol. The van der Waals surface area contributed by atoms with E-state index in [0.29, 0.717) is 22.8 Å². The Morgan fingerprint density at radius 1 is 1.12 bits per heavy atom. The SMILES string of the molecule is COc1cc(C(=O)NS)cc(OC)c1OC. The molecule has 88 valence electrons. The van der Waals surface area contributed by atoms with E-state index < -0.39 is 0 Å². The molecule has 0 unspecified atom stereocenters. The second-order valence-corrected chi connectivity index (χ2v) is 3.08. The van der Waals surface area contributed by atoms with Gasteiger partial charge < -0.3 is 14.2 Å². The fourth-order valence-electron chi connectivity index (χ4n) is 1.28. The maximum Gasteiger partial charge on any atom is 0.261 e. The molecule has 0 saturated carbocycles. The molecule has 1 aromatic carbocycles. The molecule has 0 radical (unpaired) electrons. The van der Waals surface area contributed by atoms with Crippen LogP contribution in [0.5, 0.6) is 17.2 Å². The minimum absolute atomic E-state index is 0.345. The third kappa shape index (κ3) is 2.33. The Balaban J connectivity index is 3.31. The molecular formula is C10H13NO4S. The lowest BCUT2D eigenvalue weighted by molar-refractivity contribution is 0.0984. The fourth-order valence-corrected chi connectivity index (χ4v) is 1.41. The lowest BCUT2D eigenvalue weighted by Gasteiger charge is -2.13. The van der Waals surface area contributed by atoms with Gasteiger partial charge in [0.25, 0.3) is 5.91 Å². The van der Waals surface area contributed by atoms with Crippen LogP contribution < -0.4 is 18.9 Å². The van der Waals surface area contributed by atoms with Crippen molar-refractivity contribution < 1.29 is 19.0 Å². The summed E-state index contributed by atoms with van der Waals surface area (Å²) >= 11 is 3.69. The number of carbonyl (C=O) groups excluding carboxylic acids is 1. The van der Waals surface area contributed by atoms with E-state index in [9.17, 15) is 4.79 Å². The Morgan fingerprint density at radius 3 is 1.94 bits per heavy atom. The highest BCUT2D eigenvalue weighted by atomic mass is 32.1. The number of methoxy groups -OCH3 is 3. The van der Waals surface area contributed by atoms with Crippen molar-refractivity contribution >= 4 is 18.7 Å². The summed E-state index contributed by atoms with van der Waals surface area (Å²) in [5.41, 5.74) is 0.379. The maximum atomic E-state index is 11.4. The molecule has 0 heterocycles. The van der Waals surface area contributed by atoms with Crippen LogP contribution in [0, 0.1) is 0 Å². The topological polar surface area (TPSA) is 56.8 Å². The Kier molecular flexibility index (Phi) is 4.30. The molecule has 0 atom stereocenters. The fraction of sp³-hybridized carbons (Fsp3) is 0.300. The van der Waals surface area contributed by atoms with Gasteiger partial charge in [-0.15, -0.1) is 0 Å². The molecule has 5 nitrogen and oxygen atoms in total. The van der Waals surface area contributed by atoms with Gasteiger partial charge in [0, 0.05) is 5.56 Å². The normalized spacial score (nSPS) is 9.50. The second kappa shape index (κ2) is 5.50.